The van der Waals surface area contributed by atoms with E-state index in [2.05, 4.69) is 45.1 Å². The summed E-state index contributed by atoms with van der Waals surface area (Å²) < 4.78 is 6.57. The molecule has 0 aromatic carbocycles. The fourth-order valence-electron chi connectivity index (χ4n) is 1.78. The second-order valence-electron chi connectivity index (χ2n) is 4.47. The van der Waals surface area contributed by atoms with Crippen LogP contribution in [-0.4, -0.2) is 23.1 Å². The molecule has 5 heteroatoms. The van der Waals surface area contributed by atoms with Crippen LogP contribution in [0, 0.1) is 0 Å². The molecule has 1 aromatic rings. The molecule has 0 bridgehead atoms. The maximum Gasteiger partial charge on any atom is 0.159 e. The van der Waals surface area contributed by atoms with Gasteiger partial charge >= 0.3 is 0 Å². The number of nitrogens with zero attached hydrogens (tertiary/aromatic N) is 2. The molecule has 108 valence electrons. The van der Waals surface area contributed by atoms with Crippen molar-refractivity contribution in [1.82, 2.24) is 9.97 Å². The molecule has 1 N–H and O–H groups in total. The number of anilines is 1. The Morgan fingerprint density at radius 3 is 2.53 bits per heavy atom. The quantitative estimate of drug-likeness (QED) is 0.779. The number of hydrogen-bond acceptors (Lipinski definition) is 4. The Morgan fingerprint density at radius 1 is 1.21 bits per heavy atom. The maximum absolute atomic E-state index is 5.59. The van der Waals surface area contributed by atoms with Crippen molar-refractivity contribution < 1.29 is 4.74 Å². The zero-order valence-corrected chi connectivity index (χ0v) is 13.9. The van der Waals surface area contributed by atoms with Crippen molar-refractivity contribution in [3.8, 4) is 0 Å². The molecule has 19 heavy (non-hydrogen) atoms. The summed E-state index contributed by atoms with van der Waals surface area (Å²) in [6.07, 6.45) is 2.99. The molecule has 1 rings (SSSR count). The van der Waals surface area contributed by atoms with Gasteiger partial charge in [0, 0.05) is 13.2 Å². The van der Waals surface area contributed by atoms with Gasteiger partial charge in [-0.2, -0.15) is 0 Å². The van der Waals surface area contributed by atoms with Crippen molar-refractivity contribution in [3.05, 3.63) is 16.0 Å². The Kier molecular flexibility index (Phi) is 7.31. The van der Waals surface area contributed by atoms with E-state index in [0.29, 0.717) is 6.61 Å². The van der Waals surface area contributed by atoms with Crippen LogP contribution in [0.4, 0.5) is 5.82 Å². The van der Waals surface area contributed by atoms with E-state index in [1.54, 1.807) is 0 Å². The molecular weight excluding hydrogens is 306 g/mol. The third-order valence-electron chi connectivity index (χ3n) is 2.75. The van der Waals surface area contributed by atoms with Crippen molar-refractivity contribution >= 4 is 21.7 Å². The smallest absolute Gasteiger partial charge is 0.159 e. The van der Waals surface area contributed by atoms with Crippen molar-refractivity contribution in [3.63, 3.8) is 0 Å². The van der Waals surface area contributed by atoms with E-state index in [1.165, 1.54) is 0 Å². The number of hydrogen-bond donors (Lipinski definition) is 1. The lowest BCUT2D eigenvalue weighted by Crippen LogP contribution is -2.12. The topological polar surface area (TPSA) is 47.0 Å². The normalized spacial score (nSPS) is 12.5. The van der Waals surface area contributed by atoms with E-state index in [-0.39, 0.29) is 6.10 Å². The number of aromatic nitrogens is 2. The van der Waals surface area contributed by atoms with E-state index >= 15 is 0 Å². The van der Waals surface area contributed by atoms with Gasteiger partial charge in [0.1, 0.15) is 11.9 Å². The Labute approximate surface area is 124 Å². The zero-order chi connectivity index (χ0) is 14.3. The van der Waals surface area contributed by atoms with Crippen LogP contribution in [0.5, 0.6) is 0 Å². The average Bonchev–Trinajstić information content (AvgIpc) is 2.40. The van der Waals surface area contributed by atoms with E-state index in [9.17, 15) is 0 Å². The first-order valence-electron chi connectivity index (χ1n) is 7.05. The number of nitrogens with one attached hydrogen (secondary N) is 1. The van der Waals surface area contributed by atoms with Crippen molar-refractivity contribution in [2.24, 2.45) is 0 Å². The summed E-state index contributed by atoms with van der Waals surface area (Å²) in [4.78, 5) is 9.20. The van der Waals surface area contributed by atoms with Crippen LogP contribution in [0.2, 0.25) is 0 Å². The minimum atomic E-state index is -0.0733. The van der Waals surface area contributed by atoms with Gasteiger partial charge in [0.05, 0.1) is 10.2 Å². The van der Waals surface area contributed by atoms with Gasteiger partial charge in [-0.25, -0.2) is 9.97 Å². The third-order valence-corrected chi connectivity index (χ3v) is 3.58. The molecule has 0 saturated carbocycles. The van der Waals surface area contributed by atoms with E-state index in [0.717, 1.165) is 47.6 Å². The second kappa shape index (κ2) is 8.48. The maximum atomic E-state index is 5.59. The molecule has 1 aromatic heterocycles. The molecule has 1 unspecified atom stereocenters. The van der Waals surface area contributed by atoms with Crippen molar-refractivity contribution in [2.45, 2.75) is 53.1 Å². The van der Waals surface area contributed by atoms with Gasteiger partial charge in [0.2, 0.25) is 0 Å². The molecule has 0 saturated heterocycles. The SMILES string of the molecule is CCCNc1nc(C(C)OCC)nc(CCC)c1Br. The van der Waals surface area contributed by atoms with Gasteiger partial charge in [0.25, 0.3) is 0 Å². The number of halogens is 1. The van der Waals surface area contributed by atoms with Crippen LogP contribution in [0.25, 0.3) is 0 Å². The Hall–Kier alpha value is -0.680. The van der Waals surface area contributed by atoms with Crippen LogP contribution in [0.15, 0.2) is 4.47 Å². The molecule has 0 amide bonds. The van der Waals surface area contributed by atoms with Crippen molar-refractivity contribution in [2.75, 3.05) is 18.5 Å². The Balaban J connectivity index is 3.06. The van der Waals surface area contributed by atoms with Gasteiger partial charge in [-0.1, -0.05) is 20.3 Å². The molecule has 0 aliphatic rings. The summed E-state index contributed by atoms with van der Waals surface area (Å²) in [6, 6.07) is 0. The molecular formula is C14H24BrN3O. The first kappa shape index (κ1) is 16.4. The summed E-state index contributed by atoms with van der Waals surface area (Å²) in [5, 5.41) is 3.35. The summed E-state index contributed by atoms with van der Waals surface area (Å²) in [5.41, 5.74) is 1.05. The lowest BCUT2D eigenvalue weighted by molar-refractivity contribution is 0.0699. The molecule has 0 spiro atoms. The largest absolute Gasteiger partial charge is 0.371 e. The molecule has 0 aliphatic heterocycles. The molecule has 1 atom stereocenters. The van der Waals surface area contributed by atoms with E-state index < -0.39 is 0 Å². The molecule has 0 aliphatic carbocycles. The summed E-state index contributed by atoms with van der Waals surface area (Å²) >= 11 is 3.61. The second-order valence-corrected chi connectivity index (χ2v) is 5.26. The lowest BCUT2D eigenvalue weighted by atomic mass is 10.2. The standard InChI is InChI=1S/C14H24BrN3O/c1-5-8-11-12(15)14(16-9-6-2)18-13(17-11)10(4)19-7-3/h10H,5-9H2,1-4H3,(H,16,17,18). The Bertz CT molecular complexity index is 399. The lowest BCUT2D eigenvalue weighted by Gasteiger charge is -2.16. The highest BCUT2D eigenvalue weighted by atomic mass is 79.9. The van der Waals surface area contributed by atoms with Crippen LogP contribution in [0.3, 0.4) is 0 Å². The van der Waals surface area contributed by atoms with E-state index in [1.807, 2.05) is 13.8 Å². The molecule has 1 heterocycles. The van der Waals surface area contributed by atoms with Gasteiger partial charge in [0.15, 0.2) is 5.82 Å². The minimum Gasteiger partial charge on any atom is -0.371 e. The van der Waals surface area contributed by atoms with Crippen LogP contribution < -0.4 is 5.32 Å². The first-order valence-corrected chi connectivity index (χ1v) is 7.85. The fraction of sp³-hybridized carbons (Fsp3) is 0.714. The highest BCUT2D eigenvalue weighted by Crippen LogP contribution is 2.27. The number of ether oxygens (including phenoxy) is 1. The average molecular weight is 330 g/mol. The molecule has 4 nitrogen and oxygen atoms in total. The van der Waals surface area contributed by atoms with Gasteiger partial charge in [-0.3, -0.25) is 0 Å². The predicted octanol–water partition coefficient (Wildman–Crippen LogP) is 4.11. The Morgan fingerprint density at radius 2 is 1.95 bits per heavy atom. The van der Waals surface area contributed by atoms with Crippen LogP contribution in [0.1, 0.15) is 58.2 Å². The summed E-state index contributed by atoms with van der Waals surface area (Å²) in [6.45, 7) is 9.84. The van der Waals surface area contributed by atoms with Crippen molar-refractivity contribution in [1.29, 1.82) is 0 Å². The van der Waals surface area contributed by atoms with Gasteiger partial charge in [-0.15, -0.1) is 0 Å². The van der Waals surface area contributed by atoms with Crippen LogP contribution >= 0.6 is 15.9 Å². The van der Waals surface area contributed by atoms with Crippen LogP contribution in [-0.2, 0) is 11.2 Å². The predicted molar refractivity (Wildman–Crippen MR) is 82.5 cm³/mol. The number of rotatable bonds is 8. The minimum absolute atomic E-state index is 0.0733. The van der Waals surface area contributed by atoms with E-state index in [4.69, 9.17) is 4.74 Å². The first-order chi connectivity index (χ1) is 9.13. The fourth-order valence-corrected chi connectivity index (χ4v) is 2.30. The molecule has 0 fully saturated rings. The monoisotopic (exact) mass is 329 g/mol. The third kappa shape index (κ3) is 4.73. The highest BCUT2D eigenvalue weighted by molar-refractivity contribution is 9.10. The highest BCUT2D eigenvalue weighted by Gasteiger charge is 2.15. The summed E-state index contributed by atoms with van der Waals surface area (Å²) in [5.74, 6) is 1.63. The number of aryl methyl sites for hydroxylation is 1. The van der Waals surface area contributed by atoms with Gasteiger partial charge in [-0.05, 0) is 42.6 Å². The zero-order valence-electron chi connectivity index (χ0n) is 12.3. The van der Waals surface area contributed by atoms with Gasteiger partial charge < -0.3 is 10.1 Å². The summed E-state index contributed by atoms with van der Waals surface area (Å²) in [7, 11) is 0. The molecule has 0 radical (unpaired) electrons.